The second-order valence-corrected chi connectivity index (χ2v) is 6.84. The number of benzene rings is 1. The summed E-state index contributed by atoms with van der Waals surface area (Å²) in [6.07, 6.45) is 1.42. The molecule has 1 aliphatic rings. The van der Waals surface area contributed by atoms with Gasteiger partial charge in [0.1, 0.15) is 0 Å². The zero-order valence-corrected chi connectivity index (χ0v) is 14.5. The Kier molecular flexibility index (Phi) is 6.75. The van der Waals surface area contributed by atoms with Gasteiger partial charge in [-0.1, -0.05) is 29.8 Å². The molecule has 1 N–H and O–H groups in total. The molecule has 4 nitrogen and oxygen atoms in total. The van der Waals surface area contributed by atoms with E-state index >= 15 is 0 Å². The van der Waals surface area contributed by atoms with Gasteiger partial charge in [0, 0.05) is 18.0 Å². The van der Waals surface area contributed by atoms with Crippen LogP contribution in [-0.4, -0.2) is 54.2 Å². The number of nitrogens with zero attached hydrogens (tertiary/aromatic N) is 1. The third-order valence-corrected chi connectivity index (χ3v) is 4.39. The number of ether oxygens (including phenoxy) is 1. The summed E-state index contributed by atoms with van der Waals surface area (Å²) in [5, 5.41) is 10.00. The van der Waals surface area contributed by atoms with Gasteiger partial charge in [0.2, 0.25) is 0 Å². The van der Waals surface area contributed by atoms with Gasteiger partial charge in [0.15, 0.2) is 5.78 Å². The van der Waals surface area contributed by atoms with E-state index in [-0.39, 0.29) is 17.8 Å². The molecule has 0 aliphatic carbocycles. The number of aryl methyl sites for hydroxylation is 1. The fourth-order valence-corrected chi connectivity index (χ4v) is 2.99. The molecule has 4 heteroatoms. The second kappa shape index (κ2) is 8.57. The molecule has 0 aromatic heterocycles. The smallest absolute Gasteiger partial charge is 0.166 e. The Balaban J connectivity index is 1.77. The Labute approximate surface area is 139 Å². The van der Waals surface area contributed by atoms with E-state index in [1.165, 1.54) is 5.56 Å². The molecule has 1 saturated heterocycles. The van der Waals surface area contributed by atoms with Crippen LogP contribution in [0.2, 0.25) is 0 Å². The van der Waals surface area contributed by atoms with E-state index in [2.05, 4.69) is 4.90 Å². The summed E-state index contributed by atoms with van der Waals surface area (Å²) in [5.41, 5.74) is 1.99. The van der Waals surface area contributed by atoms with Crippen molar-refractivity contribution in [2.45, 2.75) is 45.8 Å². The highest BCUT2D eigenvalue weighted by Crippen LogP contribution is 2.22. The van der Waals surface area contributed by atoms with E-state index in [0.29, 0.717) is 13.2 Å². The van der Waals surface area contributed by atoms with E-state index in [4.69, 9.17) is 4.74 Å². The highest BCUT2D eigenvalue weighted by molar-refractivity contribution is 5.97. The molecule has 1 heterocycles. The van der Waals surface area contributed by atoms with Crippen LogP contribution >= 0.6 is 0 Å². The van der Waals surface area contributed by atoms with E-state index in [1.807, 2.05) is 45.0 Å². The number of carbonyl (C=O) groups is 1. The van der Waals surface area contributed by atoms with Crippen LogP contribution in [0.4, 0.5) is 0 Å². The molecule has 1 aliphatic heterocycles. The first-order valence-corrected chi connectivity index (χ1v) is 8.58. The van der Waals surface area contributed by atoms with Gasteiger partial charge in [0.05, 0.1) is 18.8 Å². The lowest BCUT2D eigenvalue weighted by atomic mass is 9.88. The first-order valence-electron chi connectivity index (χ1n) is 8.58. The maximum absolute atomic E-state index is 12.5. The second-order valence-electron chi connectivity index (χ2n) is 6.84. The summed E-state index contributed by atoms with van der Waals surface area (Å²) >= 11 is 0. The predicted octanol–water partition coefficient (Wildman–Crippen LogP) is 2.68. The Morgan fingerprint density at radius 2 is 1.87 bits per heavy atom. The van der Waals surface area contributed by atoms with Crippen molar-refractivity contribution in [3.63, 3.8) is 0 Å². The maximum Gasteiger partial charge on any atom is 0.166 e. The molecule has 1 aromatic carbocycles. The number of likely N-dealkylation sites (tertiary alicyclic amines) is 1. The lowest BCUT2D eigenvalue weighted by Crippen LogP contribution is -2.41. The quantitative estimate of drug-likeness (QED) is 0.785. The number of aliphatic hydroxyl groups is 1. The predicted molar refractivity (Wildman–Crippen MR) is 91.8 cm³/mol. The topological polar surface area (TPSA) is 49.8 Å². The van der Waals surface area contributed by atoms with Crippen molar-refractivity contribution >= 4 is 5.78 Å². The molecule has 1 atom stereocenters. The molecule has 0 spiro atoms. The van der Waals surface area contributed by atoms with Gasteiger partial charge in [-0.25, -0.2) is 0 Å². The number of rotatable bonds is 7. The monoisotopic (exact) mass is 319 g/mol. The Bertz CT molecular complexity index is 490. The molecule has 128 valence electrons. The van der Waals surface area contributed by atoms with Crippen LogP contribution in [0.3, 0.4) is 0 Å². The molecule has 0 saturated carbocycles. The van der Waals surface area contributed by atoms with E-state index in [1.54, 1.807) is 0 Å². The zero-order chi connectivity index (χ0) is 16.8. The number of ketones is 1. The Morgan fingerprint density at radius 1 is 1.26 bits per heavy atom. The summed E-state index contributed by atoms with van der Waals surface area (Å²) < 4.78 is 5.44. The molecule has 2 rings (SSSR count). The average molecular weight is 319 g/mol. The first kappa shape index (κ1) is 18.1. The van der Waals surface area contributed by atoms with Crippen molar-refractivity contribution in [3.8, 4) is 0 Å². The van der Waals surface area contributed by atoms with Crippen molar-refractivity contribution in [1.29, 1.82) is 0 Å². The fraction of sp³-hybridized carbons (Fsp3) is 0.632. The molecule has 1 aromatic rings. The first-order chi connectivity index (χ1) is 11.0. The number of aliphatic hydroxyl groups excluding tert-OH is 1. The van der Waals surface area contributed by atoms with Crippen LogP contribution in [0.5, 0.6) is 0 Å². The highest BCUT2D eigenvalue weighted by atomic mass is 16.5. The van der Waals surface area contributed by atoms with Crippen molar-refractivity contribution in [2.75, 3.05) is 26.2 Å². The Morgan fingerprint density at radius 3 is 2.43 bits per heavy atom. The standard InChI is InChI=1S/C19H29NO3/c1-14(2)23-13-18(21)12-20-10-8-17(9-11-20)19(22)16-6-4-15(3)5-7-16/h4-7,14,17-18,21H,8-13H2,1-3H3. The van der Waals surface area contributed by atoms with Crippen LogP contribution < -0.4 is 0 Å². The molecular weight excluding hydrogens is 290 g/mol. The van der Waals surface area contributed by atoms with Crippen LogP contribution in [0.1, 0.15) is 42.6 Å². The summed E-state index contributed by atoms with van der Waals surface area (Å²) in [4.78, 5) is 14.8. The number of Topliss-reactive ketones (excluding diaryl/α,β-unsaturated/α-hetero) is 1. The largest absolute Gasteiger partial charge is 0.389 e. The van der Waals surface area contributed by atoms with Crippen LogP contribution in [0.15, 0.2) is 24.3 Å². The van der Waals surface area contributed by atoms with E-state index in [0.717, 1.165) is 31.5 Å². The van der Waals surface area contributed by atoms with E-state index in [9.17, 15) is 9.90 Å². The van der Waals surface area contributed by atoms with Gasteiger partial charge < -0.3 is 14.7 Å². The zero-order valence-electron chi connectivity index (χ0n) is 14.5. The number of piperidine rings is 1. The molecule has 0 bridgehead atoms. The van der Waals surface area contributed by atoms with Crippen molar-refractivity contribution < 1.29 is 14.6 Å². The van der Waals surface area contributed by atoms with Crippen LogP contribution in [-0.2, 0) is 4.74 Å². The normalized spacial score (nSPS) is 18.3. The van der Waals surface area contributed by atoms with Gasteiger partial charge in [-0.05, 0) is 46.7 Å². The number of β-amino-alcohol motifs (C(OH)–C–C–N with tert-alkyl or cyclic N) is 1. The average Bonchev–Trinajstić information content (AvgIpc) is 2.54. The maximum atomic E-state index is 12.5. The van der Waals surface area contributed by atoms with E-state index < -0.39 is 6.10 Å². The highest BCUT2D eigenvalue weighted by Gasteiger charge is 2.26. The molecular formula is C19H29NO3. The summed E-state index contributed by atoms with van der Waals surface area (Å²) in [5.74, 6) is 0.367. The fourth-order valence-electron chi connectivity index (χ4n) is 2.99. The van der Waals surface area contributed by atoms with Gasteiger partial charge in [-0.15, -0.1) is 0 Å². The molecule has 1 unspecified atom stereocenters. The van der Waals surface area contributed by atoms with Crippen molar-refractivity contribution in [2.24, 2.45) is 5.92 Å². The molecule has 1 fully saturated rings. The summed E-state index contributed by atoms with van der Waals surface area (Å²) in [7, 11) is 0. The number of carbonyl (C=O) groups excluding carboxylic acids is 1. The minimum absolute atomic E-state index is 0.109. The third kappa shape index (κ3) is 5.72. The SMILES string of the molecule is Cc1ccc(C(=O)C2CCN(CC(O)COC(C)C)CC2)cc1. The van der Waals surface area contributed by atoms with Crippen LogP contribution in [0.25, 0.3) is 0 Å². The molecule has 0 amide bonds. The van der Waals surface area contributed by atoms with Crippen molar-refractivity contribution in [1.82, 2.24) is 4.90 Å². The van der Waals surface area contributed by atoms with Crippen molar-refractivity contribution in [3.05, 3.63) is 35.4 Å². The number of hydrogen-bond donors (Lipinski definition) is 1. The van der Waals surface area contributed by atoms with Gasteiger partial charge in [0.25, 0.3) is 0 Å². The Hall–Kier alpha value is -1.23. The third-order valence-electron chi connectivity index (χ3n) is 4.39. The molecule has 0 radical (unpaired) electrons. The van der Waals surface area contributed by atoms with Gasteiger partial charge in [-0.2, -0.15) is 0 Å². The molecule has 23 heavy (non-hydrogen) atoms. The van der Waals surface area contributed by atoms with Gasteiger partial charge in [-0.3, -0.25) is 4.79 Å². The lowest BCUT2D eigenvalue weighted by molar-refractivity contribution is -0.0120. The van der Waals surface area contributed by atoms with Gasteiger partial charge >= 0.3 is 0 Å². The summed E-state index contributed by atoms with van der Waals surface area (Å²) in [6, 6.07) is 7.84. The minimum atomic E-state index is -0.457. The minimum Gasteiger partial charge on any atom is -0.389 e. The number of hydrogen-bond acceptors (Lipinski definition) is 4. The summed E-state index contributed by atoms with van der Waals surface area (Å²) in [6.45, 7) is 8.69. The van der Waals surface area contributed by atoms with Crippen LogP contribution in [0, 0.1) is 12.8 Å². The lowest BCUT2D eigenvalue weighted by Gasteiger charge is -2.32.